The molecule has 4 nitrogen and oxygen atoms in total. The Labute approximate surface area is 103 Å². The highest BCUT2D eigenvalue weighted by Gasteiger charge is 2.33. The first-order valence-corrected chi connectivity index (χ1v) is 5.14. The van der Waals surface area contributed by atoms with Gasteiger partial charge in [-0.3, -0.25) is 0 Å². The van der Waals surface area contributed by atoms with Crippen LogP contribution in [0.3, 0.4) is 0 Å². The molecule has 0 aliphatic heterocycles. The van der Waals surface area contributed by atoms with E-state index < -0.39 is 12.1 Å². The lowest BCUT2D eigenvalue weighted by atomic mass is 10.3. The number of rotatable bonds is 3. The second kappa shape index (κ2) is 5.04. The third-order valence-electron chi connectivity index (χ3n) is 1.60. The van der Waals surface area contributed by atoms with Crippen LogP contribution in [-0.4, -0.2) is 18.5 Å². The van der Waals surface area contributed by atoms with E-state index in [0.29, 0.717) is 3.70 Å². The highest BCUT2D eigenvalue weighted by Crippen LogP contribution is 2.35. The molecule has 0 unspecified atom stereocenters. The zero-order valence-electron chi connectivity index (χ0n) is 8.14. The van der Waals surface area contributed by atoms with Crippen LogP contribution in [0.2, 0.25) is 0 Å². The number of methoxy groups -OCH3 is 1. The standard InChI is InChI=1S/C8H8F3IN2O2/c1-15-7-4(3-13)14-6(12)2-5(7)16-8(9,10)11/h2H,3,13H2,1H3. The molecule has 0 aliphatic carbocycles. The fourth-order valence-electron chi connectivity index (χ4n) is 1.09. The van der Waals surface area contributed by atoms with E-state index in [2.05, 4.69) is 9.72 Å². The predicted octanol–water partition coefficient (Wildman–Crippen LogP) is 2.05. The summed E-state index contributed by atoms with van der Waals surface area (Å²) in [5, 5.41) is 0. The van der Waals surface area contributed by atoms with Crippen molar-refractivity contribution in [2.45, 2.75) is 12.9 Å². The Hall–Kier alpha value is -0.770. The molecule has 0 aromatic carbocycles. The molecule has 0 bridgehead atoms. The summed E-state index contributed by atoms with van der Waals surface area (Å²) in [5.74, 6) is -0.532. The molecular formula is C8H8F3IN2O2. The van der Waals surface area contributed by atoms with Crippen LogP contribution in [0.5, 0.6) is 11.5 Å². The average Bonchev–Trinajstić information content (AvgIpc) is 2.14. The lowest BCUT2D eigenvalue weighted by Gasteiger charge is -2.14. The van der Waals surface area contributed by atoms with Gasteiger partial charge in [-0.1, -0.05) is 0 Å². The van der Waals surface area contributed by atoms with Gasteiger partial charge in [0.15, 0.2) is 11.5 Å². The smallest absolute Gasteiger partial charge is 0.491 e. The fraction of sp³-hybridized carbons (Fsp3) is 0.375. The van der Waals surface area contributed by atoms with E-state index in [1.165, 1.54) is 7.11 Å². The molecule has 2 N–H and O–H groups in total. The van der Waals surface area contributed by atoms with Crippen LogP contribution in [-0.2, 0) is 6.54 Å². The molecule has 0 aliphatic rings. The molecule has 90 valence electrons. The minimum absolute atomic E-state index is 0.0335. The van der Waals surface area contributed by atoms with Gasteiger partial charge in [0.05, 0.1) is 7.11 Å². The van der Waals surface area contributed by atoms with Crippen LogP contribution in [0.4, 0.5) is 13.2 Å². The van der Waals surface area contributed by atoms with Crippen LogP contribution in [0, 0.1) is 3.70 Å². The number of hydrogen-bond acceptors (Lipinski definition) is 4. The predicted molar refractivity (Wildman–Crippen MR) is 58.1 cm³/mol. The van der Waals surface area contributed by atoms with Crippen LogP contribution in [0.25, 0.3) is 0 Å². The van der Waals surface area contributed by atoms with Crippen molar-refractivity contribution in [3.8, 4) is 11.5 Å². The summed E-state index contributed by atoms with van der Waals surface area (Å²) in [5.41, 5.74) is 5.56. The Balaban J connectivity index is 3.20. The zero-order valence-corrected chi connectivity index (χ0v) is 10.3. The van der Waals surface area contributed by atoms with Crippen molar-refractivity contribution >= 4 is 22.6 Å². The average molecular weight is 348 g/mol. The van der Waals surface area contributed by atoms with Crippen molar-refractivity contribution in [2.24, 2.45) is 5.73 Å². The molecule has 0 atom stereocenters. The van der Waals surface area contributed by atoms with Gasteiger partial charge in [0.2, 0.25) is 0 Å². The third-order valence-corrected chi connectivity index (χ3v) is 2.15. The van der Waals surface area contributed by atoms with Crippen molar-refractivity contribution in [3.05, 3.63) is 15.5 Å². The van der Waals surface area contributed by atoms with E-state index in [9.17, 15) is 13.2 Å². The maximum atomic E-state index is 12.1. The SMILES string of the molecule is COc1c(OC(F)(F)F)cc(I)nc1CN. The Morgan fingerprint density at radius 2 is 2.12 bits per heavy atom. The van der Waals surface area contributed by atoms with Crippen LogP contribution in [0.15, 0.2) is 6.07 Å². The van der Waals surface area contributed by atoms with Crippen molar-refractivity contribution in [1.82, 2.24) is 4.98 Å². The summed E-state index contributed by atoms with van der Waals surface area (Å²) < 4.78 is 45.2. The summed E-state index contributed by atoms with van der Waals surface area (Å²) in [6, 6.07) is 1.13. The van der Waals surface area contributed by atoms with E-state index in [0.717, 1.165) is 6.07 Å². The van der Waals surface area contributed by atoms with Crippen LogP contribution >= 0.6 is 22.6 Å². The third kappa shape index (κ3) is 3.37. The first kappa shape index (κ1) is 13.3. The minimum Gasteiger partial charge on any atom is -0.491 e. The molecule has 1 rings (SSSR count). The maximum absolute atomic E-state index is 12.1. The summed E-state index contributed by atoms with van der Waals surface area (Å²) in [6.45, 7) is -0.0335. The molecule has 16 heavy (non-hydrogen) atoms. The summed E-state index contributed by atoms with van der Waals surface area (Å²) in [4.78, 5) is 3.94. The van der Waals surface area contributed by atoms with Gasteiger partial charge in [0.25, 0.3) is 0 Å². The molecule has 0 amide bonds. The number of hydrogen-bond donors (Lipinski definition) is 1. The molecule has 1 aromatic heterocycles. The molecule has 0 fully saturated rings. The number of aromatic nitrogens is 1. The Morgan fingerprint density at radius 3 is 2.56 bits per heavy atom. The largest absolute Gasteiger partial charge is 0.573 e. The summed E-state index contributed by atoms with van der Waals surface area (Å²) in [7, 11) is 1.23. The number of halogens is 4. The molecular weight excluding hydrogens is 340 g/mol. The Bertz CT molecular complexity index is 384. The van der Waals surface area contributed by atoms with E-state index in [1.54, 1.807) is 22.6 Å². The van der Waals surface area contributed by atoms with E-state index in [-0.39, 0.29) is 18.0 Å². The van der Waals surface area contributed by atoms with E-state index in [1.807, 2.05) is 0 Å². The molecule has 8 heteroatoms. The molecule has 0 spiro atoms. The van der Waals surface area contributed by atoms with Gasteiger partial charge in [-0.2, -0.15) is 0 Å². The Morgan fingerprint density at radius 1 is 1.50 bits per heavy atom. The zero-order chi connectivity index (χ0) is 12.3. The monoisotopic (exact) mass is 348 g/mol. The van der Waals surface area contributed by atoms with E-state index in [4.69, 9.17) is 10.5 Å². The van der Waals surface area contributed by atoms with Crippen molar-refractivity contribution in [3.63, 3.8) is 0 Å². The van der Waals surface area contributed by atoms with E-state index >= 15 is 0 Å². The number of nitrogens with two attached hydrogens (primary N) is 1. The first-order valence-electron chi connectivity index (χ1n) is 4.06. The number of alkyl halides is 3. The molecule has 1 aromatic rings. The Kier molecular flexibility index (Phi) is 4.19. The van der Waals surface area contributed by atoms with Gasteiger partial charge >= 0.3 is 6.36 Å². The highest BCUT2D eigenvalue weighted by atomic mass is 127. The molecule has 0 saturated carbocycles. The second-order valence-corrected chi connectivity index (χ2v) is 3.78. The van der Waals surface area contributed by atoms with Gasteiger partial charge in [0.1, 0.15) is 9.39 Å². The normalized spacial score (nSPS) is 11.4. The van der Waals surface area contributed by atoms with Gasteiger partial charge in [-0.05, 0) is 22.6 Å². The highest BCUT2D eigenvalue weighted by molar-refractivity contribution is 14.1. The molecule has 1 heterocycles. The van der Waals surface area contributed by atoms with Gasteiger partial charge < -0.3 is 15.2 Å². The van der Waals surface area contributed by atoms with Crippen LogP contribution in [0.1, 0.15) is 5.69 Å². The number of nitrogens with zero attached hydrogens (tertiary/aromatic N) is 1. The fourth-order valence-corrected chi connectivity index (χ4v) is 1.66. The minimum atomic E-state index is -4.77. The van der Waals surface area contributed by atoms with Crippen LogP contribution < -0.4 is 15.2 Å². The maximum Gasteiger partial charge on any atom is 0.573 e. The lowest BCUT2D eigenvalue weighted by molar-refractivity contribution is -0.275. The second-order valence-electron chi connectivity index (χ2n) is 2.67. The van der Waals surface area contributed by atoms with Crippen molar-refractivity contribution in [2.75, 3.05) is 7.11 Å². The number of ether oxygens (including phenoxy) is 2. The van der Waals surface area contributed by atoms with Gasteiger partial charge in [0, 0.05) is 12.6 Å². The van der Waals surface area contributed by atoms with Crippen molar-refractivity contribution in [1.29, 1.82) is 0 Å². The first-order chi connectivity index (χ1) is 7.37. The lowest BCUT2D eigenvalue weighted by Crippen LogP contribution is -2.18. The summed E-state index contributed by atoms with van der Waals surface area (Å²) in [6.07, 6.45) is -4.77. The molecule has 0 radical (unpaired) electrons. The molecule has 0 saturated heterocycles. The van der Waals surface area contributed by atoms with Crippen molar-refractivity contribution < 1.29 is 22.6 Å². The summed E-state index contributed by atoms with van der Waals surface area (Å²) >= 11 is 1.77. The van der Waals surface area contributed by atoms with Gasteiger partial charge in [-0.15, -0.1) is 13.2 Å². The quantitative estimate of drug-likeness (QED) is 0.671. The number of pyridine rings is 1. The van der Waals surface area contributed by atoms with Gasteiger partial charge in [-0.25, -0.2) is 4.98 Å². The topological polar surface area (TPSA) is 57.4 Å².